The fraction of sp³-hybridized carbons (Fsp3) is 0.410. The molecule has 0 radical (unpaired) electrons. The van der Waals surface area contributed by atoms with Crippen molar-refractivity contribution in [1.29, 1.82) is 0 Å². The van der Waals surface area contributed by atoms with E-state index >= 15 is 0 Å². The smallest absolute Gasteiger partial charge is 0.131 e. The minimum absolute atomic E-state index is 0.202. The molecule has 2 saturated carbocycles. The normalized spacial score (nSPS) is 21.5. The summed E-state index contributed by atoms with van der Waals surface area (Å²) in [5.41, 5.74) is 17.5. The molecule has 0 saturated heterocycles. The summed E-state index contributed by atoms with van der Waals surface area (Å²) >= 11 is 0. The number of ether oxygens (including phenoxy) is 2. The third-order valence-corrected chi connectivity index (χ3v) is 14.2. The molecule has 4 aromatic rings. The highest BCUT2D eigenvalue weighted by Gasteiger charge is 2.27. The molecule has 0 spiro atoms. The molecule has 2 atom stereocenters. The second-order valence-electron chi connectivity index (χ2n) is 19.5. The summed E-state index contributed by atoms with van der Waals surface area (Å²) in [4.78, 5) is 0. The number of hydrogen-bond acceptors (Lipinski definition) is 4. The van der Waals surface area contributed by atoms with Crippen molar-refractivity contribution in [3.8, 4) is 45.3 Å². The van der Waals surface area contributed by atoms with Crippen LogP contribution in [-0.2, 0) is 0 Å². The molecule has 340 valence electrons. The number of phenols is 2. The van der Waals surface area contributed by atoms with Gasteiger partial charge in [0.2, 0.25) is 0 Å². The second kappa shape index (κ2) is 21.2. The van der Waals surface area contributed by atoms with Gasteiger partial charge in [-0.05, 0) is 223 Å². The predicted molar refractivity (Wildman–Crippen MR) is 273 cm³/mol. The molecule has 4 nitrogen and oxygen atoms in total. The number of hydrogen-bond donors (Lipinski definition) is 2. The maximum absolute atomic E-state index is 12.3. The molecule has 4 aliphatic rings. The van der Waals surface area contributed by atoms with Crippen LogP contribution in [0.4, 0.5) is 0 Å². The quantitative estimate of drug-likeness (QED) is 0.167. The highest BCUT2D eigenvalue weighted by Crippen LogP contribution is 2.49. The van der Waals surface area contributed by atoms with E-state index in [9.17, 15) is 10.2 Å². The van der Waals surface area contributed by atoms with E-state index in [1.807, 2.05) is 36.4 Å². The van der Waals surface area contributed by atoms with Gasteiger partial charge in [-0.1, -0.05) is 74.5 Å². The van der Waals surface area contributed by atoms with Crippen molar-refractivity contribution in [3.05, 3.63) is 154 Å². The van der Waals surface area contributed by atoms with Crippen LogP contribution >= 0.6 is 0 Å². The summed E-state index contributed by atoms with van der Waals surface area (Å²) in [6.45, 7) is 17.7. The first kappa shape index (κ1) is 46.1. The van der Waals surface area contributed by atoms with E-state index in [0.717, 1.165) is 155 Å². The minimum atomic E-state index is -0.202. The zero-order valence-electron chi connectivity index (χ0n) is 39.8. The van der Waals surface area contributed by atoms with Crippen molar-refractivity contribution < 1.29 is 19.7 Å². The summed E-state index contributed by atoms with van der Waals surface area (Å²) in [5.74, 6) is 2.04. The molecule has 0 heterocycles. The number of aromatic hydroxyl groups is 2. The van der Waals surface area contributed by atoms with Crippen LogP contribution in [0.3, 0.4) is 0 Å². The van der Waals surface area contributed by atoms with Crippen LogP contribution < -0.4 is 9.47 Å². The van der Waals surface area contributed by atoms with Gasteiger partial charge in [-0.3, -0.25) is 0 Å². The van der Waals surface area contributed by atoms with Gasteiger partial charge < -0.3 is 19.7 Å². The van der Waals surface area contributed by atoms with Crippen molar-refractivity contribution in [2.75, 3.05) is 0 Å². The van der Waals surface area contributed by atoms with Crippen molar-refractivity contribution >= 4 is 11.1 Å². The summed E-state index contributed by atoms with van der Waals surface area (Å²) < 4.78 is 13.6. The van der Waals surface area contributed by atoms with Gasteiger partial charge in [-0.25, -0.2) is 0 Å². The van der Waals surface area contributed by atoms with Crippen molar-refractivity contribution in [2.24, 2.45) is 0 Å². The fourth-order valence-corrected chi connectivity index (χ4v) is 11.1. The van der Waals surface area contributed by atoms with Crippen LogP contribution in [0.5, 0.6) is 23.0 Å². The number of phenolic OH excluding ortho intramolecular Hbond substituents is 2. The van der Waals surface area contributed by atoms with Crippen LogP contribution in [0.2, 0.25) is 0 Å². The Hall–Kier alpha value is -5.48. The summed E-state index contributed by atoms with van der Waals surface area (Å²) in [7, 11) is 0. The average molecular weight is 869 g/mol. The van der Waals surface area contributed by atoms with Crippen molar-refractivity contribution in [2.45, 2.75) is 162 Å². The molecule has 0 bridgehead atoms. The van der Waals surface area contributed by atoms with E-state index in [1.165, 1.54) is 60.8 Å². The lowest BCUT2D eigenvalue weighted by Crippen LogP contribution is -2.23. The van der Waals surface area contributed by atoms with E-state index in [0.29, 0.717) is 17.9 Å². The Balaban J connectivity index is 1.06. The second-order valence-corrected chi connectivity index (χ2v) is 19.5. The van der Waals surface area contributed by atoms with Crippen LogP contribution in [0.1, 0.15) is 158 Å². The topological polar surface area (TPSA) is 58.9 Å². The highest BCUT2D eigenvalue weighted by molar-refractivity contribution is 5.92. The number of benzene rings is 4. The summed E-state index contributed by atoms with van der Waals surface area (Å²) in [6.07, 6.45) is 25.3. The first-order valence-electron chi connectivity index (χ1n) is 25.0. The Labute approximate surface area is 390 Å². The standard InChI is InChI=1S/C61H72O4/c1-40-35-52(60(62)54(37-40)58-42(3)23-11-7-9-13-25-46-27-15-17-29-48(46)58)50-31-19-21-33-56(50)64-44(5)39-45(6)65-57-34-22-20-32-51(57)53-36-41(2)38-55(61(53)63)59-43(4)24-12-8-10-14-26-47-28-16-18-30-49(47)59/h19-22,25-26,31-38,44-45,62-63H,3-4,7-18,23-24,27-30,39H2,1-2,5-6H3/b46-25-,47-26-,58-48+,59-49?/t44-,45?/m1/s1. The van der Waals surface area contributed by atoms with E-state index in [4.69, 9.17) is 9.47 Å². The van der Waals surface area contributed by atoms with E-state index in [2.05, 4.69) is 89.4 Å². The molecule has 8 rings (SSSR count). The zero-order chi connectivity index (χ0) is 45.5. The minimum Gasteiger partial charge on any atom is -0.507 e. The van der Waals surface area contributed by atoms with Crippen molar-refractivity contribution in [1.82, 2.24) is 0 Å². The lowest BCUT2D eigenvalue weighted by atomic mass is 9.79. The summed E-state index contributed by atoms with van der Waals surface area (Å²) in [6, 6.07) is 24.7. The lowest BCUT2D eigenvalue weighted by Gasteiger charge is -2.27. The Morgan fingerprint density at radius 1 is 0.477 bits per heavy atom. The molecule has 0 amide bonds. The number of allylic oxidation sites excluding steroid dienone is 10. The maximum Gasteiger partial charge on any atom is 0.131 e. The molecular weight excluding hydrogens is 797 g/mol. The molecule has 4 aliphatic carbocycles. The van der Waals surface area contributed by atoms with Crippen LogP contribution in [0.15, 0.2) is 132 Å². The Morgan fingerprint density at radius 2 is 0.862 bits per heavy atom. The van der Waals surface area contributed by atoms with E-state index < -0.39 is 0 Å². The Bertz CT molecular complexity index is 2360. The SMILES string of the molecule is C=C1CCCCC/C=C2/CCCCC2=C1c1cc(C)cc(-c2ccccc2OC(C)C[C@@H](C)Oc2ccccc2-c2cc(C)cc(/C3=C4\CCCC\C4=C\CCCCCC3=C)c2O)c1O. The molecule has 2 fully saturated rings. The molecule has 1 unspecified atom stereocenters. The van der Waals surface area contributed by atoms with Crippen LogP contribution in [-0.4, -0.2) is 22.4 Å². The van der Waals surface area contributed by atoms with Gasteiger partial charge in [0.15, 0.2) is 0 Å². The third-order valence-electron chi connectivity index (χ3n) is 14.2. The number of fused-ring (bicyclic) bond motifs is 2. The largest absolute Gasteiger partial charge is 0.507 e. The third kappa shape index (κ3) is 10.6. The Kier molecular flexibility index (Phi) is 15.0. The first-order valence-corrected chi connectivity index (χ1v) is 25.0. The van der Waals surface area contributed by atoms with Gasteiger partial charge in [0.05, 0.1) is 12.2 Å². The van der Waals surface area contributed by atoms with Gasteiger partial charge in [0.25, 0.3) is 0 Å². The number of aryl methyl sites for hydroxylation is 2. The van der Waals surface area contributed by atoms with E-state index in [1.54, 1.807) is 0 Å². The average Bonchev–Trinajstić information content (AvgIpc) is 3.29. The highest BCUT2D eigenvalue weighted by atomic mass is 16.5. The fourth-order valence-electron chi connectivity index (χ4n) is 11.1. The molecule has 0 aromatic heterocycles. The first-order chi connectivity index (χ1) is 31.6. The maximum atomic E-state index is 12.3. The van der Waals surface area contributed by atoms with Crippen molar-refractivity contribution in [3.63, 3.8) is 0 Å². The molecular formula is C61H72O4. The van der Waals surface area contributed by atoms with Gasteiger partial charge in [-0.15, -0.1) is 0 Å². The molecule has 4 heteroatoms. The Morgan fingerprint density at radius 3 is 1.31 bits per heavy atom. The number of para-hydroxylation sites is 2. The van der Waals surface area contributed by atoms with E-state index in [-0.39, 0.29) is 12.2 Å². The summed E-state index contributed by atoms with van der Waals surface area (Å²) in [5, 5.41) is 24.7. The van der Waals surface area contributed by atoms with Crippen LogP contribution in [0.25, 0.3) is 33.4 Å². The van der Waals surface area contributed by atoms with Gasteiger partial charge in [0.1, 0.15) is 23.0 Å². The molecule has 0 aliphatic heterocycles. The number of rotatable bonds is 10. The molecule has 2 N–H and O–H groups in total. The molecule has 4 aromatic carbocycles. The lowest BCUT2D eigenvalue weighted by molar-refractivity contribution is 0.131. The monoisotopic (exact) mass is 869 g/mol. The van der Waals surface area contributed by atoms with Crippen LogP contribution in [0, 0.1) is 13.8 Å². The molecule has 65 heavy (non-hydrogen) atoms. The van der Waals surface area contributed by atoms with Gasteiger partial charge >= 0.3 is 0 Å². The zero-order valence-corrected chi connectivity index (χ0v) is 39.8. The van der Waals surface area contributed by atoms with Gasteiger partial charge in [0, 0.05) is 39.8 Å². The van der Waals surface area contributed by atoms with Gasteiger partial charge in [-0.2, -0.15) is 0 Å². The predicted octanol–water partition coefficient (Wildman–Crippen LogP) is 17.2.